The molecular weight excluding hydrogens is 334 g/mol. The van der Waals surface area contributed by atoms with Gasteiger partial charge in [-0.25, -0.2) is 9.37 Å². The molecule has 2 rings (SSSR count). The summed E-state index contributed by atoms with van der Waals surface area (Å²) in [5.41, 5.74) is -1.88. The van der Waals surface area contributed by atoms with Crippen LogP contribution in [0.5, 0.6) is 0 Å². The summed E-state index contributed by atoms with van der Waals surface area (Å²) in [7, 11) is 1.38. The third kappa shape index (κ3) is 3.60. The van der Waals surface area contributed by atoms with Crippen molar-refractivity contribution < 1.29 is 22.4 Å². The summed E-state index contributed by atoms with van der Waals surface area (Å²) in [5.74, 6) is -2.34. The number of nitriles is 1. The minimum atomic E-state index is -4.73. The number of halogens is 4. The molecule has 2 heterocycles. The van der Waals surface area contributed by atoms with Crippen LogP contribution in [0.25, 0.3) is 0 Å². The maximum atomic E-state index is 13.5. The molecule has 0 aliphatic rings. The molecule has 0 fully saturated rings. The van der Waals surface area contributed by atoms with Crippen LogP contribution in [0.3, 0.4) is 0 Å². The first-order chi connectivity index (χ1) is 11.1. The Morgan fingerprint density at radius 3 is 2.67 bits per heavy atom. The third-order valence-electron chi connectivity index (χ3n) is 2.97. The number of hydrogen-bond acceptors (Lipinski definition) is 4. The van der Waals surface area contributed by atoms with Crippen molar-refractivity contribution in [1.82, 2.24) is 14.1 Å². The molecule has 2 aromatic heterocycles. The number of imidazole rings is 1. The number of amides is 1. The summed E-state index contributed by atoms with van der Waals surface area (Å²) in [5, 5.41) is 10.9. The molecule has 0 aromatic carbocycles. The number of nitrogens with zero attached hydrogens (tertiary/aromatic N) is 4. The molecule has 126 valence electrons. The fourth-order valence-electron chi connectivity index (χ4n) is 1.90. The lowest BCUT2D eigenvalue weighted by Crippen LogP contribution is -2.30. The predicted octanol–water partition coefficient (Wildman–Crippen LogP) is 1.41. The van der Waals surface area contributed by atoms with E-state index in [4.69, 9.17) is 5.26 Å². The molecule has 0 spiro atoms. The molecule has 0 radical (unpaired) electrons. The minimum absolute atomic E-state index is 0.0617. The van der Waals surface area contributed by atoms with E-state index in [1.54, 1.807) is 6.07 Å². The van der Waals surface area contributed by atoms with Gasteiger partial charge in [0.1, 0.15) is 18.3 Å². The van der Waals surface area contributed by atoms with Crippen molar-refractivity contribution >= 4 is 11.6 Å². The molecule has 0 aliphatic heterocycles. The van der Waals surface area contributed by atoms with Gasteiger partial charge in [0.2, 0.25) is 5.82 Å². The fraction of sp³-hybridized carbons (Fsp3) is 0.231. The Morgan fingerprint density at radius 2 is 2.12 bits per heavy atom. The van der Waals surface area contributed by atoms with Crippen molar-refractivity contribution in [2.24, 2.45) is 7.05 Å². The van der Waals surface area contributed by atoms with Crippen LogP contribution in [-0.2, 0) is 13.6 Å². The molecule has 0 saturated heterocycles. The van der Waals surface area contributed by atoms with Gasteiger partial charge < -0.3 is 14.5 Å². The maximum Gasteiger partial charge on any atom is 0.406 e. The first-order valence-corrected chi connectivity index (χ1v) is 6.32. The van der Waals surface area contributed by atoms with Crippen LogP contribution < -0.4 is 10.9 Å². The number of rotatable bonds is 3. The van der Waals surface area contributed by atoms with E-state index >= 15 is 0 Å². The van der Waals surface area contributed by atoms with Gasteiger partial charge in [-0.05, 0) is 0 Å². The van der Waals surface area contributed by atoms with Crippen LogP contribution >= 0.6 is 0 Å². The highest BCUT2D eigenvalue weighted by Gasteiger charge is 2.29. The first kappa shape index (κ1) is 17.2. The average Bonchev–Trinajstić information content (AvgIpc) is 2.83. The smallest absolute Gasteiger partial charge is 0.319 e. The largest absolute Gasteiger partial charge is 0.406 e. The Balaban J connectivity index is 2.33. The fourth-order valence-corrected chi connectivity index (χ4v) is 1.90. The van der Waals surface area contributed by atoms with Crippen LogP contribution in [0, 0.1) is 17.1 Å². The molecule has 0 saturated carbocycles. The van der Waals surface area contributed by atoms with E-state index in [2.05, 4.69) is 10.3 Å². The average molecular weight is 343 g/mol. The Hall–Kier alpha value is -3.16. The highest BCUT2D eigenvalue weighted by atomic mass is 19.4. The summed E-state index contributed by atoms with van der Waals surface area (Å²) in [6.45, 7) is -1.70. The van der Waals surface area contributed by atoms with Gasteiger partial charge >= 0.3 is 6.18 Å². The molecule has 7 nitrogen and oxygen atoms in total. The lowest BCUT2D eigenvalue weighted by molar-refractivity contribution is -0.141. The van der Waals surface area contributed by atoms with E-state index in [-0.39, 0.29) is 21.8 Å². The van der Waals surface area contributed by atoms with E-state index in [0.717, 1.165) is 10.8 Å². The summed E-state index contributed by atoms with van der Waals surface area (Å²) in [6.07, 6.45) is -2.98. The monoisotopic (exact) mass is 343 g/mol. The summed E-state index contributed by atoms with van der Waals surface area (Å²) < 4.78 is 51.9. The topological polar surface area (TPSA) is 92.7 Å². The second-order valence-electron chi connectivity index (χ2n) is 4.72. The molecule has 0 bridgehead atoms. The van der Waals surface area contributed by atoms with E-state index < -0.39 is 30.0 Å². The number of pyridine rings is 1. The Labute approximate surface area is 131 Å². The van der Waals surface area contributed by atoms with E-state index in [0.29, 0.717) is 12.3 Å². The Bertz CT molecular complexity index is 891. The molecular formula is C13H9F4N5O2. The zero-order valence-corrected chi connectivity index (χ0v) is 12.1. The molecule has 24 heavy (non-hydrogen) atoms. The van der Waals surface area contributed by atoms with Crippen molar-refractivity contribution in [3.8, 4) is 6.07 Å². The van der Waals surface area contributed by atoms with Gasteiger partial charge in [-0.1, -0.05) is 0 Å². The maximum absolute atomic E-state index is 13.5. The second-order valence-corrected chi connectivity index (χ2v) is 4.72. The van der Waals surface area contributed by atoms with Gasteiger partial charge in [0.05, 0.1) is 11.9 Å². The predicted molar refractivity (Wildman–Crippen MR) is 72.6 cm³/mol. The zero-order chi connectivity index (χ0) is 18.1. The van der Waals surface area contributed by atoms with Crippen LogP contribution in [0.4, 0.5) is 23.2 Å². The van der Waals surface area contributed by atoms with E-state index in [1.807, 2.05) is 0 Å². The minimum Gasteiger partial charge on any atom is -0.319 e. The van der Waals surface area contributed by atoms with Gasteiger partial charge in [-0.15, -0.1) is 0 Å². The van der Waals surface area contributed by atoms with Crippen LogP contribution in [0.1, 0.15) is 16.3 Å². The highest BCUT2D eigenvalue weighted by molar-refractivity contribution is 6.03. The summed E-state index contributed by atoms with van der Waals surface area (Å²) in [6, 6.07) is 2.33. The SMILES string of the molecule is Cn1c(C(=O)Nc2cc(F)c(=O)n(CC(F)(F)F)c2)cnc1C#N. The highest BCUT2D eigenvalue weighted by Crippen LogP contribution is 2.18. The van der Waals surface area contributed by atoms with Gasteiger partial charge in [0, 0.05) is 19.3 Å². The lowest BCUT2D eigenvalue weighted by atomic mass is 10.3. The van der Waals surface area contributed by atoms with E-state index in [9.17, 15) is 27.2 Å². The number of nitrogens with one attached hydrogen (secondary N) is 1. The van der Waals surface area contributed by atoms with Gasteiger partial charge in [0.15, 0.2) is 5.82 Å². The van der Waals surface area contributed by atoms with Crippen molar-refractivity contribution in [3.05, 3.63) is 46.1 Å². The van der Waals surface area contributed by atoms with Crippen molar-refractivity contribution in [2.45, 2.75) is 12.7 Å². The second kappa shape index (κ2) is 6.15. The van der Waals surface area contributed by atoms with Crippen molar-refractivity contribution in [3.63, 3.8) is 0 Å². The van der Waals surface area contributed by atoms with Crippen LogP contribution in [-0.4, -0.2) is 26.2 Å². The number of carbonyl (C=O) groups excluding carboxylic acids is 1. The standard InChI is InChI=1S/C13H9F4N5O2/c1-21-9(4-19-10(21)3-18)11(23)20-7-2-8(14)12(24)22(5-7)6-13(15,16)17/h2,4-5H,6H2,1H3,(H,20,23). The normalized spacial score (nSPS) is 11.2. The van der Waals surface area contributed by atoms with Crippen LogP contribution in [0.2, 0.25) is 0 Å². The van der Waals surface area contributed by atoms with Crippen molar-refractivity contribution in [2.75, 3.05) is 5.32 Å². The van der Waals surface area contributed by atoms with Gasteiger partial charge in [-0.3, -0.25) is 9.59 Å². The lowest BCUT2D eigenvalue weighted by Gasteiger charge is -2.12. The molecule has 11 heteroatoms. The zero-order valence-electron chi connectivity index (χ0n) is 12.1. The van der Waals surface area contributed by atoms with Crippen molar-refractivity contribution in [1.29, 1.82) is 5.26 Å². The molecule has 0 unspecified atom stereocenters. The molecule has 2 aromatic rings. The number of alkyl halides is 3. The van der Waals surface area contributed by atoms with Gasteiger partial charge in [0.25, 0.3) is 11.5 Å². The summed E-state index contributed by atoms with van der Waals surface area (Å²) in [4.78, 5) is 27.1. The number of aromatic nitrogens is 3. The third-order valence-corrected chi connectivity index (χ3v) is 2.97. The number of carbonyl (C=O) groups is 1. The molecule has 1 N–H and O–H groups in total. The molecule has 0 aliphatic carbocycles. The molecule has 0 atom stereocenters. The number of hydrogen-bond donors (Lipinski definition) is 1. The molecule has 1 amide bonds. The summed E-state index contributed by atoms with van der Waals surface area (Å²) >= 11 is 0. The Kier molecular flexibility index (Phi) is 4.41. The quantitative estimate of drug-likeness (QED) is 0.853. The van der Waals surface area contributed by atoms with Gasteiger partial charge in [-0.2, -0.15) is 18.4 Å². The first-order valence-electron chi connectivity index (χ1n) is 6.32. The van der Waals surface area contributed by atoms with Crippen LogP contribution in [0.15, 0.2) is 23.3 Å². The number of anilines is 1. The Morgan fingerprint density at radius 1 is 1.46 bits per heavy atom. The van der Waals surface area contributed by atoms with E-state index in [1.165, 1.54) is 7.05 Å².